The standard InChI is InChI=1S/C21H25N3O4/c1-20-7-6-13(10-15(20)19(27)24-9-8-22-17(25)11-24)21(12-20)23-18(26)14-4-2-3-5-16(14)28-21/h2-5,13,15H,6-12H2,1H3,(H,22,25)(H,23,26)/t13-,15-,20-,21+/m0/s1. The van der Waals surface area contributed by atoms with Gasteiger partial charge in [-0.15, -0.1) is 0 Å². The molecule has 2 heterocycles. The molecule has 4 fully saturated rings. The zero-order valence-electron chi connectivity index (χ0n) is 16.0. The third-order valence-electron chi connectivity index (χ3n) is 7.15. The van der Waals surface area contributed by atoms with E-state index < -0.39 is 5.72 Å². The molecule has 1 saturated heterocycles. The van der Waals surface area contributed by atoms with Crippen molar-refractivity contribution in [3.8, 4) is 5.75 Å². The van der Waals surface area contributed by atoms with Gasteiger partial charge in [-0.2, -0.15) is 0 Å². The maximum Gasteiger partial charge on any atom is 0.258 e. The topological polar surface area (TPSA) is 87.7 Å². The van der Waals surface area contributed by atoms with E-state index in [9.17, 15) is 14.4 Å². The molecule has 5 aliphatic rings. The monoisotopic (exact) mass is 383 g/mol. The Bertz CT molecular complexity index is 871. The molecular weight excluding hydrogens is 358 g/mol. The number of carbonyl (C=O) groups excluding carboxylic acids is 3. The summed E-state index contributed by atoms with van der Waals surface area (Å²) >= 11 is 0. The Kier molecular flexibility index (Phi) is 3.73. The van der Waals surface area contributed by atoms with Crippen LogP contribution in [-0.4, -0.2) is 48.0 Å². The Balaban J connectivity index is 1.42. The molecule has 1 spiro atoms. The molecule has 3 aliphatic carbocycles. The second-order valence-corrected chi connectivity index (χ2v) is 8.91. The zero-order valence-corrected chi connectivity index (χ0v) is 16.0. The van der Waals surface area contributed by atoms with Crippen molar-refractivity contribution in [2.45, 2.75) is 38.3 Å². The molecule has 0 aromatic heterocycles. The number of hydrogen-bond acceptors (Lipinski definition) is 4. The van der Waals surface area contributed by atoms with Crippen LogP contribution in [0.3, 0.4) is 0 Å². The molecule has 7 nitrogen and oxygen atoms in total. The number of fused-ring (bicyclic) bond motifs is 3. The number of benzene rings is 1. The Labute approximate surface area is 163 Å². The quantitative estimate of drug-likeness (QED) is 0.765. The Morgan fingerprint density at radius 2 is 2.11 bits per heavy atom. The van der Waals surface area contributed by atoms with Crippen molar-refractivity contribution < 1.29 is 19.1 Å². The minimum atomic E-state index is -0.742. The molecule has 2 bridgehead atoms. The maximum atomic E-state index is 13.2. The Morgan fingerprint density at radius 1 is 1.29 bits per heavy atom. The lowest BCUT2D eigenvalue weighted by atomic mass is 9.52. The van der Waals surface area contributed by atoms with Crippen LogP contribution in [0.15, 0.2) is 24.3 Å². The molecule has 28 heavy (non-hydrogen) atoms. The van der Waals surface area contributed by atoms with E-state index in [1.54, 1.807) is 11.0 Å². The van der Waals surface area contributed by atoms with E-state index in [0.717, 1.165) is 12.8 Å². The van der Waals surface area contributed by atoms with Crippen molar-refractivity contribution in [3.63, 3.8) is 0 Å². The summed E-state index contributed by atoms with van der Waals surface area (Å²) in [5.41, 5.74) is -0.444. The summed E-state index contributed by atoms with van der Waals surface area (Å²) in [5, 5.41) is 5.91. The van der Waals surface area contributed by atoms with E-state index in [-0.39, 0.29) is 41.5 Å². The number of carbonyl (C=O) groups is 3. The summed E-state index contributed by atoms with van der Waals surface area (Å²) in [6, 6.07) is 7.32. The molecule has 2 aliphatic heterocycles. The Morgan fingerprint density at radius 3 is 2.89 bits per heavy atom. The van der Waals surface area contributed by atoms with Crippen LogP contribution in [0.5, 0.6) is 5.75 Å². The first kappa shape index (κ1) is 17.5. The minimum absolute atomic E-state index is 0.0689. The van der Waals surface area contributed by atoms with Crippen molar-refractivity contribution in [1.29, 1.82) is 0 Å². The van der Waals surface area contributed by atoms with Crippen LogP contribution in [0.2, 0.25) is 0 Å². The van der Waals surface area contributed by atoms with Crippen molar-refractivity contribution in [2.24, 2.45) is 17.3 Å². The van der Waals surface area contributed by atoms with Gasteiger partial charge in [0.2, 0.25) is 11.8 Å². The van der Waals surface area contributed by atoms with Gasteiger partial charge in [-0.3, -0.25) is 14.4 Å². The van der Waals surface area contributed by atoms with Crippen LogP contribution >= 0.6 is 0 Å². The molecule has 0 unspecified atom stereocenters. The smallest absolute Gasteiger partial charge is 0.258 e. The molecule has 2 N–H and O–H groups in total. The maximum absolute atomic E-state index is 13.2. The van der Waals surface area contributed by atoms with Crippen molar-refractivity contribution in [3.05, 3.63) is 29.8 Å². The van der Waals surface area contributed by atoms with Crippen LogP contribution in [0.4, 0.5) is 0 Å². The minimum Gasteiger partial charge on any atom is -0.467 e. The molecule has 1 aromatic carbocycles. The highest BCUT2D eigenvalue weighted by Crippen LogP contribution is 2.59. The number of rotatable bonds is 1. The van der Waals surface area contributed by atoms with Crippen molar-refractivity contribution >= 4 is 17.7 Å². The lowest BCUT2D eigenvalue weighted by molar-refractivity contribution is -0.175. The van der Waals surface area contributed by atoms with E-state index in [2.05, 4.69) is 17.6 Å². The van der Waals surface area contributed by atoms with Crippen LogP contribution in [0, 0.1) is 17.3 Å². The van der Waals surface area contributed by atoms with Crippen molar-refractivity contribution in [1.82, 2.24) is 15.5 Å². The fraction of sp³-hybridized carbons (Fsp3) is 0.571. The molecule has 148 valence electrons. The Hall–Kier alpha value is -2.57. The third kappa shape index (κ3) is 2.52. The second kappa shape index (κ2) is 5.96. The van der Waals surface area contributed by atoms with Gasteiger partial charge in [0.15, 0.2) is 5.72 Å². The predicted octanol–water partition coefficient (Wildman–Crippen LogP) is 1.29. The van der Waals surface area contributed by atoms with Gasteiger partial charge in [-0.25, -0.2) is 0 Å². The predicted molar refractivity (Wildman–Crippen MR) is 100 cm³/mol. The molecule has 0 radical (unpaired) electrons. The molecule has 4 atom stereocenters. The highest BCUT2D eigenvalue weighted by atomic mass is 16.5. The fourth-order valence-corrected chi connectivity index (χ4v) is 5.68. The van der Waals surface area contributed by atoms with E-state index in [1.165, 1.54) is 0 Å². The summed E-state index contributed by atoms with van der Waals surface area (Å²) in [7, 11) is 0. The van der Waals surface area contributed by atoms with Gasteiger partial charge in [-0.1, -0.05) is 19.1 Å². The SMILES string of the molecule is C[C@@]12CC[C@@H](C[C@H]1C(=O)N1CCNC(=O)C1)[C@]1(C2)NC(=O)c2ccccc2O1. The van der Waals surface area contributed by atoms with Crippen molar-refractivity contribution in [2.75, 3.05) is 19.6 Å². The van der Waals surface area contributed by atoms with Gasteiger partial charge in [0.05, 0.1) is 12.1 Å². The highest BCUT2D eigenvalue weighted by molar-refractivity contribution is 5.98. The first-order chi connectivity index (χ1) is 13.4. The lowest BCUT2D eigenvalue weighted by Crippen LogP contribution is -2.69. The van der Waals surface area contributed by atoms with E-state index in [4.69, 9.17) is 4.74 Å². The molecule has 7 heteroatoms. The summed E-state index contributed by atoms with van der Waals surface area (Å²) in [6.45, 7) is 3.35. The third-order valence-corrected chi connectivity index (χ3v) is 7.15. The van der Waals surface area contributed by atoms with Crippen LogP contribution in [0.25, 0.3) is 0 Å². The van der Waals surface area contributed by atoms with Gasteiger partial charge >= 0.3 is 0 Å². The van der Waals surface area contributed by atoms with E-state index in [0.29, 0.717) is 37.2 Å². The highest BCUT2D eigenvalue weighted by Gasteiger charge is 2.62. The summed E-state index contributed by atoms with van der Waals surface area (Å²) in [6.07, 6.45) is 3.14. The summed E-state index contributed by atoms with van der Waals surface area (Å²) in [5.74, 6) is 0.437. The lowest BCUT2D eigenvalue weighted by Gasteiger charge is -2.60. The van der Waals surface area contributed by atoms with Gasteiger partial charge < -0.3 is 20.3 Å². The molecule has 6 rings (SSSR count). The van der Waals surface area contributed by atoms with Gasteiger partial charge in [-0.05, 0) is 36.8 Å². The van der Waals surface area contributed by atoms with E-state index in [1.807, 2.05) is 18.2 Å². The number of para-hydroxylation sites is 1. The fourth-order valence-electron chi connectivity index (χ4n) is 5.68. The van der Waals surface area contributed by atoms with Crippen LogP contribution in [-0.2, 0) is 9.59 Å². The number of nitrogens with zero attached hydrogens (tertiary/aromatic N) is 1. The van der Waals surface area contributed by atoms with Crippen LogP contribution < -0.4 is 15.4 Å². The van der Waals surface area contributed by atoms with Gasteiger partial charge in [0.1, 0.15) is 5.75 Å². The largest absolute Gasteiger partial charge is 0.467 e. The summed E-state index contributed by atoms with van der Waals surface area (Å²) < 4.78 is 6.40. The first-order valence-electron chi connectivity index (χ1n) is 10.1. The molecule has 1 aromatic rings. The number of nitrogens with one attached hydrogen (secondary N) is 2. The molecular formula is C21H25N3O4. The number of ether oxygens (including phenoxy) is 1. The number of hydrogen-bond donors (Lipinski definition) is 2. The molecule has 3 amide bonds. The first-order valence-corrected chi connectivity index (χ1v) is 10.1. The second-order valence-electron chi connectivity index (χ2n) is 8.91. The average molecular weight is 383 g/mol. The van der Waals surface area contributed by atoms with Crippen LogP contribution in [0.1, 0.15) is 43.0 Å². The van der Waals surface area contributed by atoms with Gasteiger partial charge in [0.25, 0.3) is 5.91 Å². The number of piperazine rings is 1. The van der Waals surface area contributed by atoms with E-state index >= 15 is 0 Å². The van der Waals surface area contributed by atoms with Gasteiger partial charge in [0, 0.05) is 31.3 Å². The number of amides is 3. The average Bonchev–Trinajstić information content (AvgIpc) is 2.67. The zero-order chi connectivity index (χ0) is 19.5. The molecule has 3 saturated carbocycles. The normalized spacial score (nSPS) is 36.4. The summed E-state index contributed by atoms with van der Waals surface area (Å²) in [4.78, 5) is 39.4.